The predicted octanol–water partition coefficient (Wildman–Crippen LogP) is 0.952. The summed E-state index contributed by atoms with van der Waals surface area (Å²) in [6.07, 6.45) is 2.98. The monoisotopic (exact) mass is 272 g/mol. The molecule has 0 amide bonds. The van der Waals surface area contributed by atoms with Gasteiger partial charge in [-0.15, -0.1) is 0 Å². The third-order valence-electron chi connectivity index (χ3n) is 2.95. The van der Waals surface area contributed by atoms with Crippen LogP contribution in [0.5, 0.6) is 0 Å². The van der Waals surface area contributed by atoms with Gasteiger partial charge in [-0.3, -0.25) is 5.43 Å². The van der Waals surface area contributed by atoms with Crippen LogP contribution in [0.2, 0.25) is 0 Å². The second-order valence-electron chi connectivity index (χ2n) is 4.29. The van der Waals surface area contributed by atoms with Crippen LogP contribution in [0, 0.1) is 0 Å². The van der Waals surface area contributed by atoms with Gasteiger partial charge in [0, 0.05) is 13.1 Å². The summed E-state index contributed by atoms with van der Waals surface area (Å²) in [4.78, 5) is 12.3. The maximum Gasteiger partial charge on any atom is 0.263 e. The second kappa shape index (κ2) is 6.27. The largest absolute Gasteiger partial charge is 0.379 e. The zero-order valence-corrected chi connectivity index (χ0v) is 11.0. The number of ether oxygens (including phenoxy) is 1. The Morgan fingerprint density at radius 1 is 1.05 bits per heavy atom. The lowest BCUT2D eigenvalue weighted by molar-refractivity contribution is 0.0337. The minimum absolute atomic E-state index is 0.561. The van der Waals surface area contributed by atoms with Crippen LogP contribution in [0.15, 0.2) is 43.0 Å². The zero-order valence-electron chi connectivity index (χ0n) is 11.0. The van der Waals surface area contributed by atoms with Gasteiger partial charge in [0.1, 0.15) is 12.7 Å². The molecule has 1 aliphatic rings. The number of benzene rings is 1. The van der Waals surface area contributed by atoms with Crippen molar-refractivity contribution in [3.05, 3.63) is 43.0 Å². The summed E-state index contributed by atoms with van der Waals surface area (Å²) in [5.41, 5.74) is 4.29. The van der Waals surface area contributed by atoms with E-state index >= 15 is 0 Å². The summed E-state index contributed by atoms with van der Waals surface area (Å²) in [6, 6.07) is 9.93. The van der Waals surface area contributed by atoms with E-state index in [1.807, 2.05) is 35.4 Å². The second-order valence-corrected chi connectivity index (χ2v) is 4.29. The number of hydrogen-bond acceptors (Lipinski definition) is 7. The van der Waals surface area contributed by atoms with E-state index in [-0.39, 0.29) is 0 Å². The molecule has 3 rings (SSSR count). The quantitative estimate of drug-likeness (QED) is 0.831. The number of anilines is 2. The first-order valence-electron chi connectivity index (χ1n) is 6.50. The number of morpholine rings is 1. The molecule has 0 aliphatic carbocycles. The Balaban J connectivity index is 1.83. The number of aromatic nitrogens is 3. The highest BCUT2D eigenvalue weighted by atomic mass is 16.5. The van der Waals surface area contributed by atoms with Crippen LogP contribution in [-0.4, -0.2) is 46.3 Å². The molecule has 104 valence electrons. The van der Waals surface area contributed by atoms with Crippen molar-refractivity contribution in [2.45, 2.75) is 0 Å². The van der Waals surface area contributed by atoms with E-state index in [4.69, 9.17) is 4.74 Å². The van der Waals surface area contributed by atoms with E-state index < -0.39 is 0 Å². The number of rotatable bonds is 4. The van der Waals surface area contributed by atoms with Gasteiger partial charge < -0.3 is 4.74 Å². The summed E-state index contributed by atoms with van der Waals surface area (Å²) < 4.78 is 5.39. The maximum absolute atomic E-state index is 5.39. The average Bonchev–Trinajstić information content (AvgIpc) is 2.55. The van der Waals surface area contributed by atoms with Crippen LogP contribution in [0.1, 0.15) is 0 Å². The van der Waals surface area contributed by atoms with Crippen molar-refractivity contribution in [2.75, 3.05) is 36.8 Å². The molecule has 0 unspecified atom stereocenters. The molecule has 1 N–H and O–H groups in total. The Kier molecular flexibility index (Phi) is 4.00. The Bertz CT molecular complexity index is 517. The minimum atomic E-state index is 0.561. The summed E-state index contributed by atoms with van der Waals surface area (Å²) in [5.74, 6) is 0.561. The molecule has 1 fully saturated rings. The summed E-state index contributed by atoms with van der Waals surface area (Å²) in [7, 11) is 0. The lowest BCUT2D eigenvalue weighted by atomic mass is 10.3. The number of hydrogen-bond donors (Lipinski definition) is 1. The van der Waals surface area contributed by atoms with Crippen molar-refractivity contribution in [1.82, 2.24) is 20.0 Å². The molecular formula is C13H16N6O. The fourth-order valence-corrected chi connectivity index (χ4v) is 1.98. The van der Waals surface area contributed by atoms with E-state index in [0.29, 0.717) is 19.2 Å². The van der Waals surface area contributed by atoms with Gasteiger partial charge in [0.2, 0.25) is 0 Å². The molecular weight excluding hydrogens is 256 g/mol. The molecule has 0 radical (unpaired) electrons. The lowest BCUT2D eigenvalue weighted by Crippen LogP contribution is -2.52. The van der Waals surface area contributed by atoms with Crippen molar-refractivity contribution in [1.29, 1.82) is 0 Å². The molecule has 1 aromatic carbocycles. The fourth-order valence-electron chi connectivity index (χ4n) is 1.98. The van der Waals surface area contributed by atoms with Gasteiger partial charge in [0.05, 0.1) is 18.9 Å². The molecule has 2 heterocycles. The van der Waals surface area contributed by atoms with Gasteiger partial charge in [0.25, 0.3) is 5.95 Å². The first kappa shape index (κ1) is 12.8. The fraction of sp³-hybridized carbons (Fsp3) is 0.308. The van der Waals surface area contributed by atoms with Crippen molar-refractivity contribution in [3.8, 4) is 0 Å². The minimum Gasteiger partial charge on any atom is -0.379 e. The van der Waals surface area contributed by atoms with E-state index in [9.17, 15) is 0 Å². The molecule has 0 bridgehead atoms. The number of hydrazine groups is 2. The third kappa shape index (κ3) is 3.01. The first-order valence-corrected chi connectivity index (χ1v) is 6.50. The van der Waals surface area contributed by atoms with E-state index in [1.54, 1.807) is 0 Å². The van der Waals surface area contributed by atoms with Gasteiger partial charge in [0.15, 0.2) is 0 Å². The van der Waals surface area contributed by atoms with Crippen LogP contribution in [0.3, 0.4) is 0 Å². The number of nitrogens with one attached hydrogen (secondary N) is 1. The average molecular weight is 272 g/mol. The summed E-state index contributed by atoms with van der Waals surface area (Å²) in [5, 5.41) is 3.96. The van der Waals surface area contributed by atoms with Crippen LogP contribution in [-0.2, 0) is 4.74 Å². The molecule has 0 atom stereocenters. The molecule has 2 aromatic rings. The van der Waals surface area contributed by atoms with E-state index in [0.717, 1.165) is 18.8 Å². The maximum atomic E-state index is 5.39. The highest BCUT2D eigenvalue weighted by molar-refractivity contribution is 5.48. The smallest absolute Gasteiger partial charge is 0.263 e. The molecule has 7 heteroatoms. The van der Waals surface area contributed by atoms with Gasteiger partial charge in [-0.25, -0.2) is 4.98 Å². The van der Waals surface area contributed by atoms with Crippen LogP contribution in [0.4, 0.5) is 11.6 Å². The Morgan fingerprint density at radius 2 is 1.75 bits per heavy atom. The standard InChI is InChI=1S/C13H16N6O/c1-2-4-12(5-3-1)17-19(13-15-10-14-11-16-13)18-6-8-20-9-7-18/h1-5,10-11,17H,6-9H2. The van der Waals surface area contributed by atoms with Gasteiger partial charge in [-0.2, -0.15) is 20.1 Å². The van der Waals surface area contributed by atoms with Crippen LogP contribution in [0.25, 0.3) is 0 Å². The van der Waals surface area contributed by atoms with E-state index in [2.05, 4.69) is 25.4 Å². The van der Waals surface area contributed by atoms with Gasteiger partial charge >= 0.3 is 0 Å². The first-order chi connectivity index (χ1) is 9.93. The Hall–Kier alpha value is -2.25. The van der Waals surface area contributed by atoms with Crippen molar-refractivity contribution in [3.63, 3.8) is 0 Å². The molecule has 7 nitrogen and oxygen atoms in total. The molecule has 1 aromatic heterocycles. The zero-order chi connectivity index (χ0) is 13.6. The SMILES string of the molecule is c1ccc(NN(c2ncncn2)N2CCOCC2)cc1. The topological polar surface area (TPSA) is 66.4 Å². The number of nitrogens with zero attached hydrogens (tertiary/aromatic N) is 5. The van der Waals surface area contributed by atoms with E-state index in [1.165, 1.54) is 12.7 Å². The van der Waals surface area contributed by atoms with Crippen molar-refractivity contribution in [2.24, 2.45) is 0 Å². The van der Waals surface area contributed by atoms with Crippen molar-refractivity contribution >= 4 is 11.6 Å². The highest BCUT2D eigenvalue weighted by Crippen LogP contribution is 2.14. The number of para-hydroxylation sites is 1. The van der Waals surface area contributed by atoms with Gasteiger partial charge in [-0.05, 0) is 12.1 Å². The van der Waals surface area contributed by atoms with Crippen LogP contribution >= 0.6 is 0 Å². The Morgan fingerprint density at radius 3 is 2.45 bits per heavy atom. The summed E-state index contributed by atoms with van der Waals surface area (Å²) >= 11 is 0. The van der Waals surface area contributed by atoms with Crippen molar-refractivity contribution < 1.29 is 4.74 Å². The highest BCUT2D eigenvalue weighted by Gasteiger charge is 2.21. The molecule has 20 heavy (non-hydrogen) atoms. The molecule has 0 saturated carbocycles. The lowest BCUT2D eigenvalue weighted by Gasteiger charge is -2.37. The molecule has 1 aliphatic heterocycles. The Labute approximate surface area is 117 Å². The predicted molar refractivity (Wildman–Crippen MR) is 74.8 cm³/mol. The molecule has 0 spiro atoms. The summed E-state index contributed by atoms with van der Waals surface area (Å²) in [6.45, 7) is 2.95. The van der Waals surface area contributed by atoms with Gasteiger partial charge in [-0.1, -0.05) is 18.2 Å². The van der Waals surface area contributed by atoms with Crippen LogP contribution < -0.4 is 10.5 Å². The normalized spacial score (nSPS) is 15.8. The molecule has 1 saturated heterocycles. The third-order valence-corrected chi connectivity index (χ3v) is 2.95.